The molecule has 0 aliphatic carbocycles. The van der Waals surface area contributed by atoms with Gasteiger partial charge in [-0.25, -0.2) is 9.97 Å². The predicted octanol–water partition coefficient (Wildman–Crippen LogP) is 7.47. The van der Waals surface area contributed by atoms with Crippen molar-refractivity contribution < 1.29 is 0 Å². The fourth-order valence-corrected chi connectivity index (χ4v) is 4.21. The topological polar surface area (TPSA) is 57.4 Å². The maximum atomic E-state index is 5.02. The van der Waals surface area contributed by atoms with Crippen LogP contribution in [-0.2, 0) is 0 Å². The highest BCUT2D eigenvalue weighted by molar-refractivity contribution is 5.83. The molecule has 4 aromatic carbocycles. The highest BCUT2D eigenvalue weighted by Gasteiger charge is 2.20. The zero-order chi connectivity index (χ0) is 22.7. The van der Waals surface area contributed by atoms with Crippen LogP contribution < -0.4 is 0 Å². The molecule has 0 aliphatic heterocycles. The summed E-state index contributed by atoms with van der Waals surface area (Å²) in [7, 11) is 0. The van der Waals surface area contributed by atoms with Gasteiger partial charge in [-0.1, -0.05) is 121 Å². The number of hydrogen-bond acceptors (Lipinski definition) is 2. The van der Waals surface area contributed by atoms with E-state index in [1.165, 1.54) is 0 Å². The Bertz CT molecular complexity index is 1280. The Morgan fingerprint density at radius 3 is 0.971 bits per heavy atom. The summed E-state index contributed by atoms with van der Waals surface area (Å²) in [4.78, 5) is 17.1. The van der Waals surface area contributed by atoms with Gasteiger partial charge in [-0.2, -0.15) is 0 Å². The molecule has 4 heteroatoms. The van der Waals surface area contributed by atoms with Gasteiger partial charge in [0.05, 0.1) is 22.8 Å². The van der Waals surface area contributed by atoms with Gasteiger partial charge >= 0.3 is 0 Å². The van der Waals surface area contributed by atoms with E-state index in [1.54, 1.807) is 0 Å². The number of H-pyrrole nitrogens is 2. The first kappa shape index (κ1) is 19.9. The van der Waals surface area contributed by atoms with Gasteiger partial charge in [-0.15, -0.1) is 0 Å². The van der Waals surface area contributed by atoms with Crippen LogP contribution in [0.5, 0.6) is 0 Å². The van der Waals surface area contributed by atoms with Crippen molar-refractivity contribution in [1.29, 1.82) is 0 Å². The van der Waals surface area contributed by atoms with E-state index >= 15 is 0 Å². The number of aromatic amines is 2. The normalized spacial score (nSPS) is 10.9. The molecule has 2 aromatic heterocycles. The molecular weight excluding hydrogens is 416 g/mol. The lowest BCUT2D eigenvalue weighted by molar-refractivity contribution is 1.20. The molecule has 162 valence electrons. The minimum Gasteiger partial charge on any atom is -0.335 e. The van der Waals surface area contributed by atoms with Crippen molar-refractivity contribution in [3.05, 3.63) is 121 Å². The van der Waals surface area contributed by atoms with Gasteiger partial charge in [-0.3, -0.25) is 0 Å². The molecule has 6 rings (SSSR count). The Balaban J connectivity index is 1.54. The van der Waals surface area contributed by atoms with Crippen LogP contribution in [0.3, 0.4) is 0 Å². The Hall–Kier alpha value is -4.70. The maximum absolute atomic E-state index is 5.02. The van der Waals surface area contributed by atoms with E-state index in [0.29, 0.717) is 11.6 Å². The van der Waals surface area contributed by atoms with Crippen molar-refractivity contribution in [2.75, 3.05) is 0 Å². The van der Waals surface area contributed by atoms with Crippen LogP contribution in [0.1, 0.15) is 0 Å². The molecule has 0 amide bonds. The molecule has 0 spiro atoms. The lowest BCUT2D eigenvalue weighted by Crippen LogP contribution is -1.84. The number of rotatable bonds is 5. The van der Waals surface area contributed by atoms with Crippen molar-refractivity contribution in [2.24, 2.45) is 0 Å². The predicted molar refractivity (Wildman–Crippen MR) is 138 cm³/mol. The molecule has 0 saturated carbocycles. The molecule has 2 heterocycles. The van der Waals surface area contributed by atoms with Crippen LogP contribution in [0.25, 0.3) is 56.7 Å². The van der Waals surface area contributed by atoms with E-state index in [4.69, 9.17) is 9.97 Å². The van der Waals surface area contributed by atoms with Crippen molar-refractivity contribution in [1.82, 2.24) is 19.9 Å². The molecule has 0 bridgehead atoms. The summed E-state index contributed by atoms with van der Waals surface area (Å²) in [6.07, 6.45) is 0. The van der Waals surface area contributed by atoms with E-state index < -0.39 is 0 Å². The molecule has 0 radical (unpaired) electrons. The highest BCUT2D eigenvalue weighted by Crippen LogP contribution is 2.35. The number of nitrogens with zero attached hydrogens (tertiary/aromatic N) is 2. The Labute approximate surface area is 198 Å². The molecule has 0 atom stereocenters. The van der Waals surface area contributed by atoms with Gasteiger partial charge in [0.25, 0.3) is 0 Å². The van der Waals surface area contributed by atoms with Gasteiger partial charge in [0.15, 0.2) is 11.6 Å². The monoisotopic (exact) mass is 438 g/mol. The second-order valence-corrected chi connectivity index (χ2v) is 8.08. The summed E-state index contributed by atoms with van der Waals surface area (Å²) >= 11 is 0. The van der Waals surface area contributed by atoms with E-state index in [1.807, 2.05) is 72.8 Å². The fraction of sp³-hybridized carbons (Fsp3) is 0. The average Bonchev–Trinajstić information content (AvgIpc) is 3.56. The van der Waals surface area contributed by atoms with Gasteiger partial charge < -0.3 is 9.97 Å². The second-order valence-electron chi connectivity index (χ2n) is 8.08. The molecule has 0 saturated heterocycles. The first-order chi connectivity index (χ1) is 16.9. The Kier molecular flexibility index (Phi) is 5.09. The third-order valence-electron chi connectivity index (χ3n) is 5.85. The summed E-state index contributed by atoms with van der Waals surface area (Å²) in [5.74, 6) is 1.41. The lowest BCUT2D eigenvalue weighted by atomic mass is 10.1. The average molecular weight is 439 g/mol. The lowest BCUT2D eigenvalue weighted by Gasteiger charge is -2.02. The molecular formula is C30H22N4. The zero-order valence-electron chi connectivity index (χ0n) is 18.4. The minimum atomic E-state index is 0.706. The number of aromatic nitrogens is 4. The van der Waals surface area contributed by atoms with E-state index in [-0.39, 0.29) is 0 Å². The molecule has 0 fully saturated rings. The van der Waals surface area contributed by atoms with Crippen molar-refractivity contribution in [2.45, 2.75) is 0 Å². The van der Waals surface area contributed by atoms with Crippen LogP contribution in [0.15, 0.2) is 121 Å². The fourth-order valence-electron chi connectivity index (χ4n) is 4.21. The first-order valence-corrected chi connectivity index (χ1v) is 11.3. The Morgan fingerprint density at radius 2 is 0.647 bits per heavy atom. The molecule has 34 heavy (non-hydrogen) atoms. The van der Waals surface area contributed by atoms with Crippen LogP contribution in [-0.4, -0.2) is 19.9 Å². The smallest absolute Gasteiger partial charge is 0.174 e. The van der Waals surface area contributed by atoms with Gasteiger partial charge in [0.1, 0.15) is 0 Å². The van der Waals surface area contributed by atoms with E-state index in [9.17, 15) is 0 Å². The molecule has 2 N–H and O–H groups in total. The summed E-state index contributed by atoms with van der Waals surface area (Å²) in [6, 6.07) is 41.1. The van der Waals surface area contributed by atoms with Crippen LogP contribution >= 0.6 is 0 Å². The second kappa shape index (κ2) is 8.68. The van der Waals surface area contributed by atoms with Gasteiger partial charge in [-0.05, 0) is 0 Å². The molecule has 6 aromatic rings. The first-order valence-electron chi connectivity index (χ1n) is 11.3. The molecule has 0 aliphatic rings. The summed E-state index contributed by atoms with van der Waals surface area (Å²) in [5.41, 5.74) is 8.03. The number of imidazole rings is 2. The van der Waals surface area contributed by atoms with Crippen molar-refractivity contribution in [3.63, 3.8) is 0 Å². The van der Waals surface area contributed by atoms with E-state index in [2.05, 4.69) is 58.5 Å². The number of nitrogens with one attached hydrogen (secondary N) is 2. The van der Waals surface area contributed by atoms with Crippen LogP contribution in [0.4, 0.5) is 0 Å². The largest absolute Gasteiger partial charge is 0.335 e. The van der Waals surface area contributed by atoms with Crippen molar-refractivity contribution in [3.8, 4) is 56.7 Å². The summed E-state index contributed by atoms with van der Waals surface area (Å²) in [5, 5.41) is 0. The summed E-state index contributed by atoms with van der Waals surface area (Å²) < 4.78 is 0. The third-order valence-corrected chi connectivity index (χ3v) is 5.85. The van der Waals surface area contributed by atoms with Crippen LogP contribution in [0.2, 0.25) is 0 Å². The summed E-state index contributed by atoms with van der Waals surface area (Å²) in [6.45, 7) is 0. The minimum absolute atomic E-state index is 0.706. The molecule has 4 nitrogen and oxygen atoms in total. The number of hydrogen-bond donors (Lipinski definition) is 2. The van der Waals surface area contributed by atoms with Crippen molar-refractivity contribution >= 4 is 0 Å². The zero-order valence-corrected chi connectivity index (χ0v) is 18.4. The number of benzene rings is 4. The standard InChI is InChI=1S/C30H22N4/c1-5-13-21(14-6-1)25-26(22-15-7-2-8-16-22)32-29(31-25)30-33-27(23-17-9-3-10-18-23)28(34-30)24-19-11-4-12-20-24/h1-20H,(H,31,32)(H,33,34). The molecule has 0 unspecified atom stereocenters. The van der Waals surface area contributed by atoms with Gasteiger partial charge in [0.2, 0.25) is 0 Å². The SMILES string of the molecule is c1ccc(-c2nc(-c3nc(-c4ccccc4)c(-c4ccccc4)[nH]3)[nH]c2-c2ccccc2)cc1. The van der Waals surface area contributed by atoms with E-state index in [0.717, 1.165) is 45.0 Å². The maximum Gasteiger partial charge on any atom is 0.174 e. The van der Waals surface area contributed by atoms with Crippen LogP contribution in [0, 0.1) is 0 Å². The Morgan fingerprint density at radius 1 is 0.353 bits per heavy atom. The van der Waals surface area contributed by atoms with Gasteiger partial charge in [0, 0.05) is 22.3 Å². The third kappa shape index (κ3) is 3.71. The quantitative estimate of drug-likeness (QED) is 0.293. The highest BCUT2D eigenvalue weighted by atomic mass is 15.0.